The molecule has 0 aliphatic carbocycles. The Morgan fingerprint density at radius 3 is 2.75 bits per heavy atom. The summed E-state index contributed by atoms with van der Waals surface area (Å²) < 4.78 is 10.9. The summed E-state index contributed by atoms with van der Waals surface area (Å²) in [6, 6.07) is 3.50. The van der Waals surface area contributed by atoms with E-state index in [0.29, 0.717) is 49.8 Å². The molecule has 2 aliphatic heterocycles. The van der Waals surface area contributed by atoms with Gasteiger partial charge in [0.05, 0.1) is 18.2 Å². The van der Waals surface area contributed by atoms with Crippen LogP contribution in [0.3, 0.4) is 0 Å². The number of Topliss-reactive ketones (excluding diaryl/α,β-unsaturated/α-hetero) is 1. The lowest BCUT2D eigenvalue weighted by Gasteiger charge is -2.32. The van der Waals surface area contributed by atoms with E-state index in [9.17, 15) is 9.59 Å². The van der Waals surface area contributed by atoms with Gasteiger partial charge in [0.2, 0.25) is 5.78 Å². The predicted molar refractivity (Wildman–Crippen MR) is 87.9 cm³/mol. The normalized spacial score (nSPS) is 17.9. The minimum atomic E-state index is -0.864. The van der Waals surface area contributed by atoms with Crippen LogP contribution in [0.5, 0.6) is 11.5 Å². The van der Waals surface area contributed by atoms with Gasteiger partial charge in [0.25, 0.3) is 0 Å². The molecule has 0 aromatic heterocycles. The fraction of sp³-hybridized carbons (Fsp3) is 0.412. The van der Waals surface area contributed by atoms with Gasteiger partial charge in [0, 0.05) is 32.7 Å². The number of nitrogens with zero attached hydrogens (tertiary/aromatic N) is 2. The fourth-order valence-corrected chi connectivity index (χ4v) is 2.95. The van der Waals surface area contributed by atoms with Gasteiger partial charge in [0.15, 0.2) is 6.61 Å². The Morgan fingerprint density at radius 1 is 1.33 bits per heavy atom. The Bertz CT molecular complexity index is 678. The number of rotatable bonds is 4. The number of carboxylic acid groups (broad SMARTS) is 1. The number of carbonyl (C=O) groups is 2. The zero-order chi connectivity index (χ0) is 17.1. The lowest BCUT2D eigenvalue weighted by atomic mass is 10.1. The average Bonchev–Trinajstić information content (AvgIpc) is 2.97. The molecule has 3 rings (SSSR count). The highest BCUT2D eigenvalue weighted by Crippen LogP contribution is 2.36. The zero-order valence-corrected chi connectivity index (χ0v) is 13.5. The van der Waals surface area contributed by atoms with Crippen molar-refractivity contribution in [2.45, 2.75) is 0 Å². The van der Waals surface area contributed by atoms with Gasteiger partial charge in [0.1, 0.15) is 11.5 Å². The van der Waals surface area contributed by atoms with Crippen LogP contribution in [0.2, 0.25) is 0 Å². The molecule has 7 nitrogen and oxygen atoms in total. The first kappa shape index (κ1) is 16.3. The number of ether oxygens (including phenoxy) is 2. The number of carbonyl (C=O) groups excluding carboxylic acids is 1. The molecule has 128 valence electrons. The predicted octanol–water partition coefficient (Wildman–Crippen LogP) is 1.58. The summed E-state index contributed by atoms with van der Waals surface area (Å²) in [5.74, 6) is 1.22. The third kappa shape index (κ3) is 3.21. The van der Waals surface area contributed by atoms with Crippen molar-refractivity contribution in [2.75, 3.05) is 46.4 Å². The number of piperazine rings is 1. The highest BCUT2D eigenvalue weighted by Gasteiger charge is 2.25. The van der Waals surface area contributed by atoms with Gasteiger partial charge in [-0.15, -0.1) is 0 Å². The van der Waals surface area contributed by atoms with Gasteiger partial charge in [-0.2, -0.15) is 0 Å². The van der Waals surface area contributed by atoms with E-state index >= 15 is 0 Å². The third-order valence-corrected chi connectivity index (χ3v) is 4.31. The molecule has 0 spiro atoms. The van der Waals surface area contributed by atoms with Gasteiger partial charge in [-0.3, -0.25) is 9.69 Å². The van der Waals surface area contributed by atoms with Gasteiger partial charge < -0.3 is 19.5 Å². The number of hydrogen-bond acceptors (Lipinski definition) is 5. The third-order valence-electron chi connectivity index (χ3n) is 4.31. The van der Waals surface area contributed by atoms with E-state index in [1.807, 2.05) is 12.2 Å². The fourth-order valence-electron chi connectivity index (χ4n) is 2.95. The minimum absolute atomic E-state index is 0.0212. The molecule has 2 aliphatic rings. The highest BCUT2D eigenvalue weighted by atomic mass is 16.5. The first-order chi connectivity index (χ1) is 11.6. The Balaban J connectivity index is 1.67. The number of ketones is 1. The van der Waals surface area contributed by atoms with Crippen LogP contribution in [-0.4, -0.2) is 73.2 Å². The van der Waals surface area contributed by atoms with E-state index in [4.69, 9.17) is 14.6 Å². The topological polar surface area (TPSA) is 79.3 Å². The van der Waals surface area contributed by atoms with E-state index in [0.717, 1.165) is 5.56 Å². The second-order valence-corrected chi connectivity index (χ2v) is 5.74. The van der Waals surface area contributed by atoms with Crippen LogP contribution in [0.1, 0.15) is 15.9 Å². The van der Waals surface area contributed by atoms with E-state index < -0.39 is 6.09 Å². The van der Waals surface area contributed by atoms with Gasteiger partial charge in [-0.1, -0.05) is 12.2 Å². The maximum absolute atomic E-state index is 11.8. The molecule has 24 heavy (non-hydrogen) atoms. The summed E-state index contributed by atoms with van der Waals surface area (Å²) in [7, 11) is 1.58. The van der Waals surface area contributed by atoms with Crippen molar-refractivity contribution in [2.24, 2.45) is 0 Å². The van der Waals surface area contributed by atoms with Crippen LogP contribution < -0.4 is 9.47 Å². The summed E-state index contributed by atoms with van der Waals surface area (Å²) in [4.78, 5) is 26.3. The molecule has 1 fully saturated rings. The van der Waals surface area contributed by atoms with Crippen molar-refractivity contribution in [3.63, 3.8) is 0 Å². The maximum atomic E-state index is 11.8. The first-order valence-corrected chi connectivity index (χ1v) is 7.84. The molecule has 2 heterocycles. The van der Waals surface area contributed by atoms with E-state index in [-0.39, 0.29) is 12.4 Å². The van der Waals surface area contributed by atoms with E-state index in [2.05, 4.69) is 4.90 Å². The van der Waals surface area contributed by atoms with Crippen LogP contribution in [0.25, 0.3) is 6.08 Å². The molecule has 0 atom stereocenters. The Kier molecular flexibility index (Phi) is 4.71. The molecule has 0 radical (unpaired) electrons. The van der Waals surface area contributed by atoms with E-state index in [1.165, 1.54) is 4.90 Å². The Morgan fingerprint density at radius 2 is 2.08 bits per heavy atom. The number of benzene rings is 1. The maximum Gasteiger partial charge on any atom is 0.407 e. The summed E-state index contributed by atoms with van der Waals surface area (Å²) in [5.41, 5.74) is 1.36. The van der Waals surface area contributed by atoms with Crippen molar-refractivity contribution >= 4 is 18.0 Å². The summed E-state index contributed by atoms with van der Waals surface area (Å²) >= 11 is 0. The number of methoxy groups -OCH3 is 1. The van der Waals surface area contributed by atoms with Crippen molar-refractivity contribution in [1.29, 1.82) is 0 Å². The number of fused-ring (bicyclic) bond motifs is 1. The molecule has 0 bridgehead atoms. The summed E-state index contributed by atoms with van der Waals surface area (Å²) in [6.45, 7) is 3.22. The molecule has 1 saturated heterocycles. The largest absolute Gasteiger partial charge is 0.496 e. The Hall–Kier alpha value is -2.54. The van der Waals surface area contributed by atoms with Gasteiger partial charge >= 0.3 is 6.09 Å². The average molecular weight is 332 g/mol. The molecule has 7 heteroatoms. The highest BCUT2D eigenvalue weighted by molar-refractivity contribution is 6.03. The summed E-state index contributed by atoms with van der Waals surface area (Å²) in [5, 5.41) is 8.96. The molecule has 1 N–H and O–H groups in total. The van der Waals surface area contributed by atoms with Crippen LogP contribution in [0, 0.1) is 0 Å². The molecular formula is C17H20N2O5. The smallest absolute Gasteiger partial charge is 0.407 e. The second kappa shape index (κ2) is 6.92. The molecule has 1 amide bonds. The minimum Gasteiger partial charge on any atom is -0.496 e. The first-order valence-electron chi connectivity index (χ1n) is 7.84. The van der Waals surface area contributed by atoms with Crippen LogP contribution in [0.4, 0.5) is 4.79 Å². The quantitative estimate of drug-likeness (QED) is 0.902. The van der Waals surface area contributed by atoms with Crippen molar-refractivity contribution in [3.05, 3.63) is 29.3 Å². The summed E-state index contributed by atoms with van der Waals surface area (Å²) in [6.07, 6.45) is 3.03. The zero-order valence-electron chi connectivity index (χ0n) is 13.5. The van der Waals surface area contributed by atoms with Crippen LogP contribution in [-0.2, 0) is 0 Å². The second-order valence-electron chi connectivity index (χ2n) is 5.74. The molecular weight excluding hydrogens is 312 g/mol. The number of amides is 1. The van der Waals surface area contributed by atoms with Crippen molar-refractivity contribution in [1.82, 2.24) is 9.80 Å². The monoisotopic (exact) mass is 332 g/mol. The van der Waals surface area contributed by atoms with Crippen molar-refractivity contribution < 1.29 is 24.2 Å². The van der Waals surface area contributed by atoms with Crippen LogP contribution >= 0.6 is 0 Å². The lowest BCUT2D eigenvalue weighted by Crippen LogP contribution is -2.48. The number of hydrogen-bond donors (Lipinski definition) is 1. The van der Waals surface area contributed by atoms with Gasteiger partial charge in [-0.05, 0) is 12.1 Å². The lowest BCUT2D eigenvalue weighted by molar-refractivity contribution is 0.0961. The molecule has 1 aromatic carbocycles. The molecule has 0 unspecified atom stereocenters. The molecule has 0 saturated carbocycles. The van der Waals surface area contributed by atoms with Gasteiger partial charge in [-0.25, -0.2) is 4.79 Å². The van der Waals surface area contributed by atoms with Crippen molar-refractivity contribution in [3.8, 4) is 11.5 Å². The Labute approximate surface area is 140 Å². The van der Waals surface area contributed by atoms with Crippen LogP contribution in [0.15, 0.2) is 18.2 Å². The standard InChI is InChI=1S/C17H20N2O5/c1-23-15-5-4-12-14(20)11-24-16(12)13(15)3-2-6-18-7-9-19(10-8-18)17(21)22/h2-5H,6-11H2,1H3,(H,21,22). The molecule has 1 aromatic rings. The SMILES string of the molecule is COc1ccc2c(c1C=CCN1CCN(C(=O)O)CC1)OCC2=O. The van der Waals surface area contributed by atoms with E-state index in [1.54, 1.807) is 19.2 Å².